The number of aryl methyl sites for hydroxylation is 1. The highest BCUT2D eigenvalue weighted by atomic mass is 32.2. The lowest BCUT2D eigenvalue weighted by atomic mass is 10.0. The highest BCUT2D eigenvalue weighted by molar-refractivity contribution is 8.04. The van der Waals surface area contributed by atoms with Gasteiger partial charge in [0.1, 0.15) is 0 Å². The maximum atomic E-state index is 13.2. The lowest BCUT2D eigenvalue weighted by Crippen LogP contribution is -2.31. The number of nitrogens with zero attached hydrogens (tertiary/aromatic N) is 1. The smallest absolute Gasteiger partial charge is 0.272 e. The fourth-order valence-electron chi connectivity index (χ4n) is 2.96. The Morgan fingerprint density at radius 3 is 2.19 bits per heavy atom. The van der Waals surface area contributed by atoms with Crippen LogP contribution in [0.4, 0.5) is 5.69 Å². The number of amides is 2. The number of rotatable bonds is 6. The van der Waals surface area contributed by atoms with Crippen LogP contribution in [0.3, 0.4) is 0 Å². The van der Waals surface area contributed by atoms with Gasteiger partial charge in [0.2, 0.25) is 0 Å². The third-order valence-electron chi connectivity index (χ3n) is 4.30. The van der Waals surface area contributed by atoms with E-state index < -0.39 is 0 Å². The van der Waals surface area contributed by atoms with Crippen LogP contribution in [0.2, 0.25) is 0 Å². The predicted molar refractivity (Wildman–Crippen MR) is 108 cm³/mol. The highest BCUT2D eigenvalue weighted by Gasteiger charge is 2.40. The van der Waals surface area contributed by atoms with Crippen LogP contribution in [0.1, 0.15) is 18.1 Å². The first-order chi connectivity index (χ1) is 13.0. The summed E-state index contributed by atoms with van der Waals surface area (Å²) < 4.78 is 10.6. The first-order valence-corrected chi connectivity index (χ1v) is 9.55. The number of benzene rings is 2. The van der Waals surface area contributed by atoms with E-state index in [2.05, 4.69) is 0 Å². The molecule has 2 aromatic carbocycles. The Morgan fingerprint density at radius 1 is 0.926 bits per heavy atom. The number of anilines is 1. The van der Waals surface area contributed by atoms with E-state index in [1.54, 1.807) is 18.2 Å². The molecule has 0 radical (unpaired) electrons. The van der Waals surface area contributed by atoms with Crippen LogP contribution in [-0.2, 0) is 9.59 Å². The second-order valence-corrected chi connectivity index (χ2v) is 7.26. The van der Waals surface area contributed by atoms with Gasteiger partial charge < -0.3 is 9.47 Å². The summed E-state index contributed by atoms with van der Waals surface area (Å²) in [4.78, 5) is 27.9. The third-order valence-corrected chi connectivity index (χ3v) is 5.25. The molecule has 3 rings (SSSR count). The van der Waals surface area contributed by atoms with Crippen molar-refractivity contribution in [3.05, 3.63) is 58.5 Å². The maximum Gasteiger partial charge on any atom is 0.272 e. The van der Waals surface area contributed by atoms with E-state index in [1.165, 1.54) is 30.9 Å². The minimum atomic E-state index is -0.327. The summed E-state index contributed by atoms with van der Waals surface area (Å²) in [5.74, 6) is 1.06. The summed E-state index contributed by atoms with van der Waals surface area (Å²) in [6, 6.07) is 12.6. The Labute approximate surface area is 163 Å². The van der Waals surface area contributed by atoms with Crippen LogP contribution in [0.5, 0.6) is 11.5 Å². The van der Waals surface area contributed by atoms with Crippen LogP contribution < -0.4 is 14.4 Å². The summed E-state index contributed by atoms with van der Waals surface area (Å²) in [5.41, 5.74) is 2.75. The minimum absolute atomic E-state index is 0.311. The molecule has 0 aromatic heterocycles. The van der Waals surface area contributed by atoms with Gasteiger partial charge >= 0.3 is 0 Å². The average molecular weight is 383 g/mol. The highest BCUT2D eigenvalue weighted by Crippen LogP contribution is 2.40. The molecular formula is C21H21NO4S. The number of ether oxygens (including phenoxy) is 2. The molecule has 0 bridgehead atoms. The van der Waals surface area contributed by atoms with E-state index in [0.717, 1.165) is 11.1 Å². The Morgan fingerprint density at radius 2 is 1.59 bits per heavy atom. The van der Waals surface area contributed by atoms with Crippen molar-refractivity contribution in [3.63, 3.8) is 0 Å². The molecule has 0 N–H and O–H groups in total. The molecule has 0 unspecified atom stereocenters. The van der Waals surface area contributed by atoms with Crippen LogP contribution in [0.25, 0.3) is 5.57 Å². The van der Waals surface area contributed by atoms with Gasteiger partial charge in [-0.2, -0.15) is 0 Å². The monoisotopic (exact) mass is 383 g/mol. The van der Waals surface area contributed by atoms with E-state index in [9.17, 15) is 9.59 Å². The summed E-state index contributed by atoms with van der Waals surface area (Å²) >= 11 is 1.39. The van der Waals surface area contributed by atoms with Crippen molar-refractivity contribution in [2.75, 3.05) is 24.9 Å². The van der Waals surface area contributed by atoms with Crippen molar-refractivity contribution in [2.45, 2.75) is 13.8 Å². The molecule has 6 heteroatoms. The van der Waals surface area contributed by atoms with Gasteiger partial charge in [-0.15, -0.1) is 11.8 Å². The molecule has 2 aromatic rings. The van der Waals surface area contributed by atoms with E-state index >= 15 is 0 Å². The van der Waals surface area contributed by atoms with Crippen molar-refractivity contribution < 1.29 is 19.1 Å². The van der Waals surface area contributed by atoms with Crippen LogP contribution in [-0.4, -0.2) is 31.8 Å². The molecule has 0 saturated carbocycles. The van der Waals surface area contributed by atoms with E-state index in [-0.39, 0.29) is 11.8 Å². The zero-order valence-corrected chi connectivity index (χ0v) is 16.6. The predicted octanol–water partition coefficient (Wildman–Crippen LogP) is 4.05. The van der Waals surface area contributed by atoms with Crippen molar-refractivity contribution in [2.24, 2.45) is 0 Å². The minimum Gasteiger partial charge on any atom is -0.493 e. The van der Waals surface area contributed by atoms with Crippen LogP contribution in [0.15, 0.2) is 47.4 Å². The second kappa shape index (κ2) is 7.88. The number of hydrogen-bond donors (Lipinski definition) is 0. The maximum absolute atomic E-state index is 13.2. The van der Waals surface area contributed by atoms with E-state index in [0.29, 0.717) is 33.4 Å². The Balaban J connectivity index is 2.07. The largest absolute Gasteiger partial charge is 0.493 e. The molecule has 0 spiro atoms. The molecule has 1 aliphatic heterocycles. The van der Waals surface area contributed by atoms with Gasteiger partial charge in [-0.05, 0) is 30.4 Å². The summed E-state index contributed by atoms with van der Waals surface area (Å²) in [7, 11) is 3.06. The zero-order valence-electron chi connectivity index (χ0n) is 15.7. The van der Waals surface area contributed by atoms with Gasteiger partial charge in [0.15, 0.2) is 11.5 Å². The molecule has 140 valence electrons. The molecule has 5 nitrogen and oxygen atoms in total. The molecule has 1 aliphatic rings. The number of methoxy groups -OCH3 is 2. The molecule has 0 saturated heterocycles. The average Bonchev–Trinajstić information content (AvgIpc) is 2.92. The van der Waals surface area contributed by atoms with Crippen molar-refractivity contribution >= 4 is 34.8 Å². The fraction of sp³-hybridized carbons (Fsp3) is 0.238. The quantitative estimate of drug-likeness (QED) is 0.705. The van der Waals surface area contributed by atoms with Crippen molar-refractivity contribution in [3.8, 4) is 11.5 Å². The van der Waals surface area contributed by atoms with E-state index in [1.807, 2.05) is 38.1 Å². The summed E-state index contributed by atoms with van der Waals surface area (Å²) in [5, 5.41) is 0. The fourth-order valence-corrected chi connectivity index (χ4v) is 3.81. The van der Waals surface area contributed by atoms with Gasteiger partial charge in [0, 0.05) is 6.07 Å². The molecule has 2 amide bonds. The SMILES string of the molecule is CCSC1=C(c2ccc(C)cc2)C(=O)N(c2ccc(OC)c(OC)c2)C1=O. The van der Waals surface area contributed by atoms with Crippen molar-refractivity contribution in [1.29, 1.82) is 0 Å². The lowest BCUT2D eigenvalue weighted by Gasteiger charge is -2.17. The van der Waals surface area contributed by atoms with Gasteiger partial charge in [-0.1, -0.05) is 36.8 Å². The number of carbonyl (C=O) groups excluding carboxylic acids is 2. The Bertz CT molecular complexity index is 918. The molecule has 27 heavy (non-hydrogen) atoms. The van der Waals surface area contributed by atoms with Gasteiger partial charge in [-0.3, -0.25) is 9.59 Å². The molecule has 0 fully saturated rings. The first kappa shape index (κ1) is 19.0. The van der Waals surface area contributed by atoms with Crippen molar-refractivity contribution in [1.82, 2.24) is 0 Å². The lowest BCUT2D eigenvalue weighted by molar-refractivity contribution is -0.119. The Hall–Kier alpha value is -2.73. The molecular weight excluding hydrogens is 362 g/mol. The van der Waals surface area contributed by atoms with Gasteiger partial charge in [0.05, 0.1) is 30.4 Å². The standard InChI is InChI=1S/C21H21NO4S/c1-5-27-19-18(14-8-6-13(2)7-9-14)20(23)22(21(19)24)15-10-11-16(25-3)17(12-15)26-4/h6-12H,5H2,1-4H3. The molecule has 1 heterocycles. The van der Waals surface area contributed by atoms with Gasteiger partial charge in [0.25, 0.3) is 11.8 Å². The normalized spacial score (nSPS) is 14.1. The van der Waals surface area contributed by atoms with Crippen LogP contribution in [0, 0.1) is 6.92 Å². The first-order valence-electron chi connectivity index (χ1n) is 8.56. The number of imide groups is 1. The Kier molecular flexibility index (Phi) is 5.56. The number of thioether (sulfide) groups is 1. The summed E-state index contributed by atoms with van der Waals surface area (Å²) in [6.07, 6.45) is 0. The van der Waals surface area contributed by atoms with E-state index in [4.69, 9.17) is 9.47 Å². The molecule has 0 atom stereocenters. The number of hydrogen-bond acceptors (Lipinski definition) is 5. The topological polar surface area (TPSA) is 55.8 Å². The third kappa shape index (κ3) is 3.45. The zero-order chi connectivity index (χ0) is 19.6. The van der Waals surface area contributed by atoms with Gasteiger partial charge in [-0.25, -0.2) is 4.90 Å². The summed E-state index contributed by atoms with van der Waals surface area (Å²) in [6.45, 7) is 3.94. The second-order valence-electron chi connectivity index (χ2n) is 5.99. The van der Waals surface area contributed by atoms with Crippen LogP contribution >= 0.6 is 11.8 Å². The molecule has 0 aliphatic carbocycles. The number of carbonyl (C=O) groups is 2.